The average molecular weight is 416 g/mol. The Labute approximate surface area is 149 Å². The predicted octanol–water partition coefficient (Wildman–Crippen LogP) is 3.64. The van der Waals surface area contributed by atoms with E-state index in [2.05, 4.69) is 31.2 Å². The summed E-state index contributed by atoms with van der Waals surface area (Å²) in [6.45, 7) is 2.61. The zero-order chi connectivity index (χ0) is 18.2. The molecule has 2 heterocycles. The molecule has 0 spiro atoms. The summed E-state index contributed by atoms with van der Waals surface area (Å²) in [5.74, 6) is -0.756. The summed E-state index contributed by atoms with van der Waals surface area (Å²) in [7, 11) is 0. The zero-order valence-electron chi connectivity index (χ0n) is 13.0. The topological polar surface area (TPSA) is 66.5 Å². The van der Waals surface area contributed by atoms with E-state index in [-0.39, 0.29) is 17.9 Å². The number of halogens is 4. The minimum Gasteiger partial charge on any atom is -0.508 e. The second-order valence-corrected chi connectivity index (χ2v) is 6.19. The largest absolute Gasteiger partial charge is 0.508 e. The summed E-state index contributed by atoms with van der Waals surface area (Å²) in [6, 6.07) is 7.99. The van der Waals surface area contributed by atoms with Gasteiger partial charge < -0.3 is 10.0 Å². The molecule has 10 heteroatoms. The monoisotopic (exact) mass is 415 g/mol. The van der Waals surface area contributed by atoms with Gasteiger partial charge in [0.05, 0.1) is 0 Å². The maximum atomic E-state index is 13.0. The van der Waals surface area contributed by atoms with Crippen LogP contribution in [0.1, 0.15) is 18.3 Å². The Balaban J connectivity index is 1.99. The number of nitrogens with zero attached hydrogens (tertiary/aromatic N) is 5. The smallest absolute Gasteiger partial charge is 0.453 e. The molecule has 0 aliphatic rings. The number of hydrogen-bond donors (Lipinski definition) is 1. The third-order valence-corrected chi connectivity index (χ3v) is 4.10. The number of fused-ring (bicyclic) bond motifs is 1. The highest BCUT2D eigenvalue weighted by atomic mass is 79.9. The van der Waals surface area contributed by atoms with Crippen LogP contribution in [0.2, 0.25) is 0 Å². The number of aromatic nitrogens is 4. The Bertz CT molecular complexity index is 912. The van der Waals surface area contributed by atoms with Crippen molar-refractivity contribution in [2.75, 3.05) is 11.4 Å². The van der Waals surface area contributed by atoms with Crippen LogP contribution >= 0.6 is 15.9 Å². The lowest BCUT2D eigenvalue weighted by Crippen LogP contribution is -2.24. The first kappa shape index (κ1) is 17.5. The van der Waals surface area contributed by atoms with Gasteiger partial charge in [-0.05, 0) is 37.3 Å². The van der Waals surface area contributed by atoms with Gasteiger partial charge in [-0.1, -0.05) is 15.9 Å². The van der Waals surface area contributed by atoms with Gasteiger partial charge in [-0.15, -0.1) is 15.3 Å². The number of alkyl halides is 3. The van der Waals surface area contributed by atoms with E-state index in [0.717, 1.165) is 4.47 Å². The van der Waals surface area contributed by atoms with Crippen molar-refractivity contribution in [1.29, 1.82) is 0 Å². The van der Waals surface area contributed by atoms with Gasteiger partial charge in [-0.3, -0.25) is 0 Å². The van der Waals surface area contributed by atoms with Gasteiger partial charge >= 0.3 is 6.18 Å². The minimum absolute atomic E-state index is 0.0115. The fraction of sp³-hybridized carbons (Fsp3) is 0.267. The molecule has 2 aromatic heterocycles. The van der Waals surface area contributed by atoms with E-state index in [9.17, 15) is 18.3 Å². The molecule has 3 rings (SSSR count). The lowest BCUT2D eigenvalue weighted by Gasteiger charge is -2.22. The summed E-state index contributed by atoms with van der Waals surface area (Å²) < 4.78 is 40.5. The van der Waals surface area contributed by atoms with Gasteiger partial charge in [0.25, 0.3) is 5.82 Å². The summed E-state index contributed by atoms with van der Waals surface area (Å²) in [6.07, 6.45) is -4.65. The molecule has 0 aliphatic carbocycles. The van der Waals surface area contributed by atoms with Gasteiger partial charge in [0, 0.05) is 23.1 Å². The lowest BCUT2D eigenvalue weighted by atomic mass is 10.2. The Morgan fingerprint density at radius 3 is 2.64 bits per heavy atom. The van der Waals surface area contributed by atoms with Crippen LogP contribution in [0, 0.1) is 0 Å². The molecule has 0 bridgehead atoms. The van der Waals surface area contributed by atoms with E-state index in [0.29, 0.717) is 22.4 Å². The lowest BCUT2D eigenvalue weighted by molar-refractivity contribution is -0.146. The van der Waals surface area contributed by atoms with E-state index in [1.165, 1.54) is 6.07 Å². The number of aromatic hydroxyl groups is 1. The van der Waals surface area contributed by atoms with Crippen LogP contribution in [0.5, 0.6) is 5.75 Å². The first-order valence-corrected chi connectivity index (χ1v) is 8.11. The quantitative estimate of drug-likeness (QED) is 0.704. The first-order chi connectivity index (χ1) is 11.8. The molecular weight excluding hydrogens is 403 g/mol. The predicted molar refractivity (Wildman–Crippen MR) is 88.3 cm³/mol. The molecule has 1 aromatic carbocycles. The highest BCUT2D eigenvalue weighted by molar-refractivity contribution is 9.10. The van der Waals surface area contributed by atoms with Crippen molar-refractivity contribution in [1.82, 2.24) is 19.8 Å². The molecule has 1 N–H and O–H groups in total. The number of phenolic OH excluding ortho intramolecular Hbond substituents is 1. The average Bonchev–Trinajstić information content (AvgIpc) is 2.99. The fourth-order valence-corrected chi connectivity index (χ4v) is 2.77. The number of anilines is 1. The van der Waals surface area contributed by atoms with Crippen LogP contribution in [-0.2, 0) is 12.7 Å². The third kappa shape index (κ3) is 3.53. The molecule has 0 fully saturated rings. The summed E-state index contributed by atoms with van der Waals surface area (Å²) >= 11 is 3.33. The molecule has 0 saturated carbocycles. The van der Waals surface area contributed by atoms with E-state index in [4.69, 9.17) is 0 Å². The van der Waals surface area contributed by atoms with Gasteiger partial charge in [0.1, 0.15) is 11.6 Å². The number of phenols is 1. The standard InChI is InChI=1S/C15H13BrF3N5O/c1-2-23(8-9-7-10(16)3-4-11(9)25)13-6-5-12-20-21-14(15(17,18)19)24(12)22-13/h3-7,25H,2,8H2,1H3. The summed E-state index contributed by atoms with van der Waals surface area (Å²) in [4.78, 5) is 1.74. The Kier molecular flexibility index (Phi) is 4.55. The van der Waals surface area contributed by atoms with Crippen LogP contribution in [0.3, 0.4) is 0 Å². The third-order valence-electron chi connectivity index (χ3n) is 3.61. The van der Waals surface area contributed by atoms with Crippen molar-refractivity contribution in [2.24, 2.45) is 0 Å². The maximum Gasteiger partial charge on any atom is 0.453 e. The Morgan fingerprint density at radius 2 is 1.96 bits per heavy atom. The van der Waals surface area contributed by atoms with Crippen molar-refractivity contribution in [3.63, 3.8) is 0 Å². The van der Waals surface area contributed by atoms with Crippen LogP contribution in [0.25, 0.3) is 5.65 Å². The minimum atomic E-state index is -4.65. The second kappa shape index (κ2) is 6.51. The number of rotatable bonds is 4. The van der Waals surface area contributed by atoms with E-state index >= 15 is 0 Å². The Hall–Kier alpha value is -2.36. The molecular formula is C15H13BrF3N5O. The Morgan fingerprint density at radius 1 is 1.20 bits per heavy atom. The number of hydrogen-bond acceptors (Lipinski definition) is 5. The summed E-state index contributed by atoms with van der Waals surface area (Å²) in [5.41, 5.74) is 0.635. The molecule has 25 heavy (non-hydrogen) atoms. The van der Waals surface area contributed by atoms with Gasteiger partial charge in [0.15, 0.2) is 5.65 Å². The van der Waals surface area contributed by atoms with Gasteiger partial charge in [0.2, 0.25) is 0 Å². The van der Waals surface area contributed by atoms with Crippen molar-refractivity contribution < 1.29 is 18.3 Å². The van der Waals surface area contributed by atoms with Crippen LogP contribution in [0.15, 0.2) is 34.8 Å². The van der Waals surface area contributed by atoms with Crippen molar-refractivity contribution in [2.45, 2.75) is 19.6 Å². The molecule has 0 radical (unpaired) electrons. The van der Waals surface area contributed by atoms with Crippen LogP contribution < -0.4 is 4.90 Å². The molecule has 0 amide bonds. The fourth-order valence-electron chi connectivity index (χ4n) is 2.37. The molecule has 0 unspecified atom stereocenters. The number of benzene rings is 1. The molecule has 132 valence electrons. The van der Waals surface area contributed by atoms with Crippen molar-refractivity contribution in [3.05, 3.63) is 46.2 Å². The molecule has 3 aromatic rings. The van der Waals surface area contributed by atoms with E-state index in [1.54, 1.807) is 29.2 Å². The zero-order valence-corrected chi connectivity index (χ0v) is 14.6. The summed E-state index contributed by atoms with van der Waals surface area (Å²) in [5, 5.41) is 20.6. The normalized spacial score (nSPS) is 11.9. The molecule has 0 aliphatic heterocycles. The molecule has 0 atom stereocenters. The molecule has 0 saturated heterocycles. The van der Waals surface area contributed by atoms with Crippen molar-refractivity contribution >= 4 is 27.4 Å². The highest BCUT2D eigenvalue weighted by Gasteiger charge is 2.37. The van der Waals surface area contributed by atoms with Crippen molar-refractivity contribution in [3.8, 4) is 5.75 Å². The van der Waals surface area contributed by atoms with E-state index in [1.807, 2.05) is 6.92 Å². The van der Waals surface area contributed by atoms with Gasteiger partial charge in [-0.25, -0.2) is 0 Å². The van der Waals surface area contributed by atoms with Crippen LogP contribution in [-0.4, -0.2) is 31.5 Å². The van der Waals surface area contributed by atoms with E-state index < -0.39 is 12.0 Å². The van der Waals surface area contributed by atoms with Gasteiger partial charge in [-0.2, -0.15) is 17.7 Å². The SMILES string of the molecule is CCN(Cc1cc(Br)ccc1O)c1ccc2nnc(C(F)(F)F)n2n1. The molecule has 6 nitrogen and oxygen atoms in total. The second-order valence-electron chi connectivity index (χ2n) is 5.27. The highest BCUT2D eigenvalue weighted by Crippen LogP contribution is 2.29. The first-order valence-electron chi connectivity index (χ1n) is 7.31. The van der Waals surface area contributed by atoms with Crippen LogP contribution in [0.4, 0.5) is 19.0 Å². The maximum absolute atomic E-state index is 13.0.